The van der Waals surface area contributed by atoms with Gasteiger partial charge in [0.1, 0.15) is 6.54 Å². The summed E-state index contributed by atoms with van der Waals surface area (Å²) in [5.41, 5.74) is 1.82. The molecule has 7 nitrogen and oxygen atoms in total. The Labute approximate surface area is 165 Å². The van der Waals surface area contributed by atoms with Crippen molar-refractivity contribution in [3.05, 3.63) is 59.7 Å². The van der Waals surface area contributed by atoms with Gasteiger partial charge in [0.05, 0.1) is 20.8 Å². The molecule has 0 spiro atoms. The van der Waals surface area contributed by atoms with Crippen LogP contribution in [0.1, 0.15) is 24.1 Å². The molecule has 0 aromatic heterocycles. The summed E-state index contributed by atoms with van der Waals surface area (Å²) in [5.74, 6) is 0.975. The summed E-state index contributed by atoms with van der Waals surface area (Å²) >= 11 is 0. The third-order valence-corrected chi connectivity index (χ3v) is 4.36. The molecule has 2 atom stereocenters. The van der Waals surface area contributed by atoms with Crippen LogP contribution in [0, 0.1) is 0 Å². The molecule has 0 saturated heterocycles. The summed E-state index contributed by atoms with van der Waals surface area (Å²) < 4.78 is 11.0. The highest BCUT2D eigenvalue weighted by atomic mass is 16.5. The molecule has 150 valence electrons. The number of hydrogen-bond acceptors (Lipinski definition) is 4. The zero-order chi connectivity index (χ0) is 20.5. The van der Waals surface area contributed by atoms with Gasteiger partial charge in [-0.25, -0.2) is 4.79 Å². The minimum absolute atomic E-state index is 0.360. The van der Waals surface area contributed by atoms with Gasteiger partial charge in [0, 0.05) is 18.2 Å². The highest BCUT2D eigenvalue weighted by Crippen LogP contribution is 2.27. The quantitative estimate of drug-likeness (QED) is 0.639. The first-order chi connectivity index (χ1) is 13.5. The lowest BCUT2D eigenvalue weighted by Gasteiger charge is -2.24. The molecule has 0 heterocycles. The van der Waals surface area contributed by atoms with Crippen molar-refractivity contribution in [3.8, 4) is 11.5 Å². The van der Waals surface area contributed by atoms with E-state index in [2.05, 4.69) is 10.6 Å². The Kier molecular flexibility index (Phi) is 7.83. The fourth-order valence-corrected chi connectivity index (χ4v) is 3.07. The number of ether oxygens (including phenoxy) is 2. The maximum Gasteiger partial charge on any atom is 0.321 e. The zero-order valence-electron chi connectivity index (χ0n) is 16.7. The first kappa shape index (κ1) is 21.2. The topological polar surface area (TPSA) is 81.1 Å². The van der Waals surface area contributed by atoms with Gasteiger partial charge in [-0.3, -0.25) is 10.1 Å². The molecular formula is C21H28N3O4+. The van der Waals surface area contributed by atoms with Crippen molar-refractivity contribution in [1.82, 2.24) is 10.6 Å². The zero-order valence-corrected chi connectivity index (χ0v) is 16.7. The van der Waals surface area contributed by atoms with Crippen molar-refractivity contribution < 1.29 is 24.0 Å². The molecule has 2 aromatic carbocycles. The normalized spacial score (nSPS) is 12.6. The molecule has 0 aliphatic rings. The van der Waals surface area contributed by atoms with Crippen LogP contribution in [0.25, 0.3) is 0 Å². The number of methoxy groups -OCH3 is 1. The van der Waals surface area contributed by atoms with E-state index in [0.29, 0.717) is 24.7 Å². The number of amides is 3. The van der Waals surface area contributed by atoms with E-state index in [4.69, 9.17) is 9.47 Å². The lowest BCUT2D eigenvalue weighted by Crippen LogP contribution is -3.09. The average Bonchev–Trinajstić information content (AvgIpc) is 2.70. The van der Waals surface area contributed by atoms with Crippen LogP contribution in [-0.2, 0) is 11.3 Å². The maximum absolute atomic E-state index is 12.8. The van der Waals surface area contributed by atoms with Crippen molar-refractivity contribution in [2.45, 2.75) is 19.5 Å². The lowest BCUT2D eigenvalue weighted by molar-refractivity contribution is -0.916. The van der Waals surface area contributed by atoms with E-state index < -0.39 is 12.1 Å². The lowest BCUT2D eigenvalue weighted by atomic mass is 10.0. The van der Waals surface area contributed by atoms with E-state index in [1.165, 1.54) is 7.05 Å². The molecule has 28 heavy (non-hydrogen) atoms. The maximum atomic E-state index is 12.8. The molecule has 0 bridgehead atoms. The minimum atomic E-state index is -0.545. The molecule has 0 saturated carbocycles. The van der Waals surface area contributed by atoms with Crippen LogP contribution in [-0.4, -0.2) is 39.8 Å². The van der Waals surface area contributed by atoms with Gasteiger partial charge in [0.25, 0.3) is 5.91 Å². The van der Waals surface area contributed by atoms with E-state index in [1.54, 1.807) is 7.11 Å². The van der Waals surface area contributed by atoms with E-state index in [0.717, 1.165) is 16.0 Å². The second-order valence-corrected chi connectivity index (χ2v) is 6.35. The van der Waals surface area contributed by atoms with Gasteiger partial charge in [0.15, 0.2) is 17.5 Å². The van der Waals surface area contributed by atoms with E-state index in [9.17, 15) is 9.59 Å². The third kappa shape index (κ3) is 5.47. The SMILES string of the molecule is CCOc1ccc(C[NH+](C)[C@@H](C(=O)NC(=O)NC)c2ccccc2)cc1OC. The molecule has 3 amide bonds. The molecule has 2 rings (SSSR count). The number of imide groups is 1. The number of rotatable bonds is 8. The number of hydrogen-bond donors (Lipinski definition) is 3. The molecule has 7 heteroatoms. The minimum Gasteiger partial charge on any atom is -0.493 e. The number of nitrogens with one attached hydrogen (secondary N) is 3. The summed E-state index contributed by atoms with van der Waals surface area (Å²) in [4.78, 5) is 25.3. The Hall–Kier alpha value is -3.06. The monoisotopic (exact) mass is 386 g/mol. The van der Waals surface area contributed by atoms with Crippen molar-refractivity contribution in [3.63, 3.8) is 0 Å². The summed E-state index contributed by atoms with van der Waals surface area (Å²) in [6.45, 7) is 3.03. The van der Waals surface area contributed by atoms with Crippen LogP contribution in [0.4, 0.5) is 4.79 Å². The van der Waals surface area contributed by atoms with Gasteiger partial charge >= 0.3 is 6.03 Å². The number of benzene rings is 2. The predicted octanol–water partition coefficient (Wildman–Crippen LogP) is 1.31. The van der Waals surface area contributed by atoms with Crippen molar-refractivity contribution >= 4 is 11.9 Å². The number of carbonyl (C=O) groups excluding carboxylic acids is 2. The van der Waals surface area contributed by atoms with Gasteiger partial charge < -0.3 is 19.7 Å². The van der Waals surface area contributed by atoms with Crippen molar-refractivity contribution in [1.29, 1.82) is 0 Å². The van der Waals surface area contributed by atoms with Crippen LogP contribution >= 0.6 is 0 Å². The molecule has 3 N–H and O–H groups in total. The summed E-state index contributed by atoms with van der Waals surface area (Å²) in [7, 11) is 4.99. The molecule has 0 aliphatic carbocycles. The summed E-state index contributed by atoms with van der Waals surface area (Å²) in [5, 5.41) is 4.80. The first-order valence-electron chi connectivity index (χ1n) is 9.19. The predicted molar refractivity (Wildman–Crippen MR) is 107 cm³/mol. The van der Waals surface area contributed by atoms with Gasteiger partial charge in [-0.2, -0.15) is 0 Å². The molecule has 0 fully saturated rings. The van der Waals surface area contributed by atoms with E-state index in [1.807, 2.05) is 62.5 Å². The van der Waals surface area contributed by atoms with Crippen molar-refractivity contribution in [2.75, 3.05) is 27.8 Å². The number of quaternary nitrogens is 1. The first-order valence-corrected chi connectivity index (χ1v) is 9.19. The fraction of sp³-hybridized carbons (Fsp3) is 0.333. The van der Waals surface area contributed by atoms with Gasteiger partial charge in [-0.05, 0) is 25.1 Å². The standard InChI is InChI=1S/C21H27N3O4/c1-5-28-17-12-11-15(13-18(17)27-4)14-24(3)19(16-9-7-6-8-10-16)20(25)23-21(26)22-2/h6-13,19H,5,14H2,1-4H3,(H2,22,23,25,26)/p+1/t19-/m1/s1. The smallest absolute Gasteiger partial charge is 0.321 e. The molecule has 0 radical (unpaired) electrons. The van der Waals surface area contributed by atoms with Gasteiger partial charge in [0.2, 0.25) is 0 Å². The average molecular weight is 386 g/mol. The number of carbonyl (C=O) groups is 2. The van der Waals surface area contributed by atoms with E-state index in [-0.39, 0.29) is 5.91 Å². The number of likely N-dealkylation sites (N-methyl/N-ethyl adjacent to an activating group) is 1. The Morgan fingerprint density at radius 2 is 1.82 bits per heavy atom. The summed E-state index contributed by atoms with van der Waals surface area (Å²) in [6, 6.07) is 14.1. The van der Waals surface area contributed by atoms with Crippen LogP contribution in [0.3, 0.4) is 0 Å². The van der Waals surface area contributed by atoms with Crippen molar-refractivity contribution in [2.24, 2.45) is 0 Å². The van der Waals surface area contributed by atoms with Crippen LogP contribution < -0.4 is 25.0 Å². The second-order valence-electron chi connectivity index (χ2n) is 6.35. The highest BCUT2D eigenvalue weighted by Gasteiger charge is 2.30. The summed E-state index contributed by atoms with van der Waals surface area (Å²) in [6.07, 6.45) is 0. The molecule has 0 aliphatic heterocycles. The largest absolute Gasteiger partial charge is 0.493 e. The highest BCUT2D eigenvalue weighted by molar-refractivity contribution is 5.96. The van der Waals surface area contributed by atoms with E-state index >= 15 is 0 Å². The second kappa shape index (κ2) is 10.3. The molecule has 2 aromatic rings. The Balaban J connectivity index is 2.26. The Morgan fingerprint density at radius 1 is 1.11 bits per heavy atom. The Morgan fingerprint density at radius 3 is 2.43 bits per heavy atom. The fourth-order valence-electron chi connectivity index (χ4n) is 3.07. The Bertz CT molecular complexity index is 795. The third-order valence-electron chi connectivity index (χ3n) is 4.36. The van der Waals surface area contributed by atoms with Crippen LogP contribution in [0.15, 0.2) is 48.5 Å². The van der Waals surface area contributed by atoms with Gasteiger partial charge in [-0.1, -0.05) is 30.3 Å². The van der Waals surface area contributed by atoms with Crippen LogP contribution in [0.5, 0.6) is 11.5 Å². The number of urea groups is 1. The molecular weight excluding hydrogens is 358 g/mol. The van der Waals surface area contributed by atoms with Gasteiger partial charge in [-0.15, -0.1) is 0 Å². The van der Waals surface area contributed by atoms with Crippen LogP contribution in [0.2, 0.25) is 0 Å². The molecule has 1 unspecified atom stereocenters.